The van der Waals surface area contributed by atoms with Crippen LogP contribution in [-0.2, 0) is 6.42 Å². The summed E-state index contributed by atoms with van der Waals surface area (Å²) in [4.78, 5) is 18.2. The zero-order chi connectivity index (χ0) is 18.9. The van der Waals surface area contributed by atoms with E-state index in [0.29, 0.717) is 5.92 Å². The third-order valence-corrected chi connectivity index (χ3v) is 5.52. The lowest BCUT2D eigenvalue weighted by atomic mass is 10.0. The molecule has 0 saturated carbocycles. The number of benzene rings is 2. The fraction of sp³-hybridized carbons (Fsp3) is 0.227. The van der Waals surface area contributed by atoms with Crippen LogP contribution in [0.4, 0.5) is 0 Å². The second kappa shape index (κ2) is 6.96. The number of rotatable bonds is 4. The first kappa shape index (κ1) is 16.7. The summed E-state index contributed by atoms with van der Waals surface area (Å²) in [6, 6.07) is 17.9. The Kier molecular flexibility index (Phi) is 4.16. The van der Waals surface area contributed by atoms with Crippen LogP contribution in [0.2, 0.25) is 0 Å². The minimum Gasteiger partial charge on any atom is -0.361 e. The standard InChI is InChI=1S/C22H21N5O/c28-22(19-7-4-8-20-18(19)9-11-23-20)26-12-10-16(14-26)13-21-25-24-15-27(21)17-5-2-1-3-6-17/h1-9,11,15-16,23H,10,12-14H2. The molecule has 140 valence electrons. The monoisotopic (exact) mass is 371 g/mol. The molecule has 0 aliphatic carbocycles. The first-order valence-corrected chi connectivity index (χ1v) is 9.59. The molecule has 1 amide bonds. The average Bonchev–Trinajstić information content (AvgIpc) is 3.49. The van der Waals surface area contributed by atoms with Gasteiger partial charge in [0.2, 0.25) is 0 Å². The molecule has 0 spiro atoms. The van der Waals surface area contributed by atoms with Crippen LogP contribution in [0, 0.1) is 5.92 Å². The van der Waals surface area contributed by atoms with E-state index in [4.69, 9.17) is 0 Å². The summed E-state index contributed by atoms with van der Waals surface area (Å²) >= 11 is 0. The van der Waals surface area contributed by atoms with Crippen LogP contribution >= 0.6 is 0 Å². The van der Waals surface area contributed by atoms with Gasteiger partial charge in [-0.2, -0.15) is 0 Å². The molecule has 4 aromatic rings. The number of H-pyrrole nitrogens is 1. The number of likely N-dealkylation sites (tertiary alicyclic amines) is 1. The fourth-order valence-electron chi connectivity index (χ4n) is 4.09. The number of fused-ring (bicyclic) bond motifs is 1. The third kappa shape index (κ3) is 2.97. The zero-order valence-corrected chi connectivity index (χ0v) is 15.5. The smallest absolute Gasteiger partial charge is 0.254 e. The van der Waals surface area contributed by atoms with Gasteiger partial charge in [-0.15, -0.1) is 10.2 Å². The molecule has 28 heavy (non-hydrogen) atoms. The van der Waals surface area contributed by atoms with Crippen LogP contribution in [0.25, 0.3) is 16.6 Å². The highest BCUT2D eigenvalue weighted by atomic mass is 16.2. The summed E-state index contributed by atoms with van der Waals surface area (Å²) in [7, 11) is 0. The lowest BCUT2D eigenvalue weighted by Crippen LogP contribution is -2.29. The van der Waals surface area contributed by atoms with Crippen LogP contribution in [0.1, 0.15) is 22.6 Å². The number of hydrogen-bond donors (Lipinski definition) is 1. The minimum absolute atomic E-state index is 0.109. The van der Waals surface area contributed by atoms with Crippen LogP contribution < -0.4 is 0 Å². The van der Waals surface area contributed by atoms with Crippen molar-refractivity contribution in [3.05, 3.63) is 78.5 Å². The molecule has 2 aromatic heterocycles. The Morgan fingerprint density at radius 1 is 1.11 bits per heavy atom. The van der Waals surface area contributed by atoms with Crippen LogP contribution in [-0.4, -0.2) is 43.6 Å². The summed E-state index contributed by atoms with van der Waals surface area (Å²) in [6.45, 7) is 1.53. The van der Waals surface area contributed by atoms with Crippen molar-refractivity contribution in [2.75, 3.05) is 13.1 Å². The van der Waals surface area contributed by atoms with Gasteiger partial charge < -0.3 is 9.88 Å². The van der Waals surface area contributed by atoms with Crippen molar-refractivity contribution in [2.24, 2.45) is 5.92 Å². The zero-order valence-electron chi connectivity index (χ0n) is 15.5. The van der Waals surface area contributed by atoms with E-state index in [1.54, 1.807) is 6.33 Å². The van der Waals surface area contributed by atoms with Gasteiger partial charge in [-0.25, -0.2) is 0 Å². The molecular weight excluding hydrogens is 350 g/mol. The summed E-state index contributed by atoms with van der Waals surface area (Å²) < 4.78 is 2.03. The molecule has 0 radical (unpaired) electrons. The summed E-state index contributed by atoms with van der Waals surface area (Å²) in [6.07, 6.45) is 5.43. The van der Waals surface area contributed by atoms with Crippen molar-refractivity contribution in [1.82, 2.24) is 24.6 Å². The second-order valence-electron chi connectivity index (χ2n) is 7.31. The molecule has 1 aliphatic rings. The van der Waals surface area contributed by atoms with Crippen molar-refractivity contribution < 1.29 is 4.79 Å². The Morgan fingerprint density at radius 2 is 2.00 bits per heavy atom. The molecule has 2 aromatic carbocycles. The van der Waals surface area contributed by atoms with Crippen molar-refractivity contribution in [1.29, 1.82) is 0 Å². The maximum atomic E-state index is 13.1. The van der Waals surface area contributed by atoms with Gasteiger partial charge >= 0.3 is 0 Å². The number of carbonyl (C=O) groups excluding carboxylic acids is 1. The highest BCUT2D eigenvalue weighted by molar-refractivity contribution is 6.06. The number of aromatic nitrogens is 4. The van der Waals surface area contributed by atoms with Gasteiger partial charge in [-0.1, -0.05) is 24.3 Å². The predicted octanol–water partition coefficient (Wildman–Crippen LogP) is 3.45. The summed E-state index contributed by atoms with van der Waals surface area (Å²) in [5, 5.41) is 9.41. The van der Waals surface area contributed by atoms with E-state index >= 15 is 0 Å². The normalized spacial score (nSPS) is 16.7. The molecule has 0 bridgehead atoms. The number of para-hydroxylation sites is 1. The van der Waals surface area contributed by atoms with Gasteiger partial charge in [0, 0.05) is 47.9 Å². The second-order valence-corrected chi connectivity index (χ2v) is 7.31. The Labute approximate surface area is 162 Å². The van der Waals surface area contributed by atoms with Crippen molar-refractivity contribution in [3.8, 4) is 5.69 Å². The molecule has 6 heteroatoms. The van der Waals surface area contributed by atoms with Gasteiger partial charge in [-0.3, -0.25) is 9.36 Å². The van der Waals surface area contributed by atoms with E-state index in [1.165, 1.54) is 0 Å². The van der Waals surface area contributed by atoms with Gasteiger partial charge in [0.05, 0.1) is 0 Å². The topological polar surface area (TPSA) is 66.8 Å². The third-order valence-electron chi connectivity index (χ3n) is 5.52. The Morgan fingerprint density at radius 3 is 2.89 bits per heavy atom. The molecule has 3 heterocycles. The van der Waals surface area contributed by atoms with E-state index in [-0.39, 0.29) is 5.91 Å². The van der Waals surface area contributed by atoms with Crippen LogP contribution in [0.5, 0.6) is 0 Å². The SMILES string of the molecule is O=C(c1cccc2[nH]ccc12)N1CCC(Cc2nncn2-c2ccccc2)C1. The lowest BCUT2D eigenvalue weighted by molar-refractivity contribution is 0.0789. The number of amides is 1. The average molecular weight is 371 g/mol. The molecule has 1 N–H and O–H groups in total. The van der Waals surface area contributed by atoms with E-state index < -0.39 is 0 Å². The maximum Gasteiger partial charge on any atom is 0.254 e. The fourth-order valence-corrected chi connectivity index (χ4v) is 4.09. The van der Waals surface area contributed by atoms with Crippen LogP contribution in [0.3, 0.4) is 0 Å². The molecule has 6 nitrogen and oxygen atoms in total. The van der Waals surface area contributed by atoms with Crippen LogP contribution in [0.15, 0.2) is 67.1 Å². The number of aromatic amines is 1. The van der Waals surface area contributed by atoms with Crippen molar-refractivity contribution in [3.63, 3.8) is 0 Å². The summed E-state index contributed by atoms with van der Waals surface area (Å²) in [5.41, 5.74) is 2.83. The molecule has 1 aliphatic heterocycles. The van der Waals surface area contributed by atoms with Gasteiger partial charge in [-0.05, 0) is 42.7 Å². The quantitative estimate of drug-likeness (QED) is 0.597. The molecule has 1 unspecified atom stereocenters. The highest BCUT2D eigenvalue weighted by Gasteiger charge is 2.29. The Hall–Kier alpha value is -3.41. The Balaban J connectivity index is 1.31. The van der Waals surface area contributed by atoms with Gasteiger partial charge in [0.1, 0.15) is 12.2 Å². The molecule has 1 atom stereocenters. The minimum atomic E-state index is 0.109. The maximum absolute atomic E-state index is 13.1. The summed E-state index contributed by atoms with van der Waals surface area (Å²) in [5.74, 6) is 1.44. The molecule has 1 fully saturated rings. The molecule has 5 rings (SSSR count). The number of carbonyl (C=O) groups is 1. The largest absolute Gasteiger partial charge is 0.361 e. The first-order chi connectivity index (χ1) is 13.8. The van der Waals surface area contributed by atoms with Gasteiger partial charge in [0.25, 0.3) is 5.91 Å². The Bertz CT molecular complexity index is 1110. The lowest BCUT2D eigenvalue weighted by Gasteiger charge is -2.17. The predicted molar refractivity (Wildman–Crippen MR) is 107 cm³/mol. The first-order valence-electron chi connectivity index (χ1n) is 9.59. The number of nitrogens with zero attached hydrogens (tertiary/aromatic N) is 4. The molecule has 1 saturated heterocycles. The number of nitrogens with one attached hydrogen (secondary N) is 1. The van der Waals surface area contributed by atoms with Crippen molar-refractivity contribution in [2.45, 2.75) is 12.8 Å². The molecular formula is C22H21N5O. The number of hydrogen-bond acceptors (Lipinski definition) is 3. The van der Waals surface area contributed by atoms with E-state index in [1.807, 2.05) is 58.1 Å². The van der Waals surface area contributed by atoms with Crippen molar-refractivity contribution >= 4 is 16.8 Å². The van der Waals surface area contributed by atoms with Gasteiger partial charge in [0.15, 0.2) is 0 Å². The van der Waals surface area contributed by atoms with E-state index in [9.17, 15) is 4.79 Å². The van der Waals surface area contributed by atoms with E-state index in [0.717, 1.165) is 53.9 Å². The highest BCUT2D eigenvalue weighted by Crippen LogP contribution is 2.25. The van der Waals surface area contributed by atoms with E-state index in [2.05, 4.69) is 27.3 Å².